The second-order valence-corrected chi connectivity index (χ2v) is 7.67. The zero-order chi connectivity index (χ0) is 16.1. The van der Waals surface area contributed by atoms with Crippen molar-refractivity contribution >= 4 is 10.0 Å². The predicted octanol–water partition coefficient (Wildman–Crippen LogP) is 2.54. The lowest BCUT2D eigenvalue weighted by Crippen LogP contribution is -2.37. The van der Waals surface area contributed by atoms with E-state index in [-0.39, 0.29) is 11.8 Å². The highest BCUT2D eigenvalue weighted by Crippen LogP contribution is 2.25. The third-order valence-corrected chi connectivity index (χ3v) is 5.47. The van der Waals surface area contributed by atoms with Crippen LogP contribution in [-0.2, 0) is 15.8 Å². The lowest BCUT2D eigenvalue weighted by Gasteiger charge is -2.25. The summed E-state index contributed by atoms with van der Waals surface area (Å²) in [5.41, 5.74) is 0.788. The van der Waals surface area contributed by atoms with Crippen LogP contribution in [-0.4, -0.2) is 33.0 Å². The standard InChI is InChI=1S/C17H22N2O3S/c20-23(21,14-15-7-2-1-3-8-15)18-13-16(17-9-6-12-22-17)19-10-4-5-11-19/h1-3,6-9,12,16,18H,4-5,10-11,13-14H2/t16-/m1/s1. The van der Waals surface area contributed by atoms with Gasteiger partial charge in [0.25, 0.3) is 0 Å². The Hall–Kier alpha value is -1.63. The molecule has 0 amide bonds. The Morgan fingerprint density at radius 3 is 2.48 bits per heavy atom. The number of benzene rings is 1. The smallest absolute Gasteiger partial charge is 0.215 e. The Morgan fingerprint density at radius 2 is 1.83 bits per heavy atom. The molecule has 1 fully saturated rings. The van der Waals surface area contributed by atoms with Crippen molar-refractivity contribution in [3.8, 4) is 0 Å². The van der Waals surface area contributed by atoms with E-state index in [1.54, 1.807) is 6.26 Å². The number of likely N-dealkylation sites (tertiary alicyclic amines) is 1. The molecule has 1 aromatic heterocycles. The molecule has 0 bridgehead atoms. The van der Waals surface area contributed by atoms with E-state index in [1.165, 1.54) is 0 Å². The first-order valence-corrected chi connectivity index (χ1v) is 9.58. The van der Waals surface area contributed by atoms with Crippen molar-refractivity contribution in [3.05, 3.63) is 60.1 Å². The Kier molecular flexibility index (Phi) is 5.15. The van der Waals surface area contributed by atoms with Crippen LogP contribution in [0.25, 0.3) is 0 Å². The number of nitrogens with one attached hydrogen (secondary N) is 1. The molecular formula is C17H22N2O3S. The first-order valence-electron chi connectivity index (χ1n) is 7.93. The molecule has 0 aliphatic carbocycles. The maximum absolute atomic E-state index is 12.3. The molecule has 1 aliphatic rings. The Bertz CT molecular complexity index is 693. The summed E-state index contributed by atoms with van der Waals surface area (Å²) in [7, 11) is -3.37. The number of sulfonamides is 1. The maximum Gasteiger partial charge on any atom is 0.215 e. The van der Waals surface area contributed by atoms with Crippen LogP contribution >= 0.6 is 0 Å². The second-order valence-electron chi connectivity index (χ2n) is 5.87. The van der Waals surface area contributed by atoms with Crippen LogP contribution in [0.4, 0.5) is 0 Å². The Balaban J connectivity index is 1.66. The highest BCUT2D eigenvalue weighted by Gasteiger charge is 2.27. The van der Waals surface area contributed by atoms with Gasteiger partial charge in [-0.1, -0.05) is 30.3 Å². The summed E-state index contributed by atoms with van der Waals surface area (Å²) in [6.45, 7) is 2.29. The molecule has 23 heavy (non-hydrogen) atoms. The van der Waals surface area contributed by atoms with E-state index in [0.29, 0.717) is 6.54 Å². The van der Waals surface area contributed by atoms with E-state index in [1.807, 2.05) is 42.5 Å². The quantitative estimate of drug-likeness (QED) is 0.845. The number of furan rings is 1. The minimum Gasteiger partial charge on any atom is -0.468 e. The molecule has 2 aromatic rings. The number of hydrogen-bond donors (Lipinski definition) is 1. The third kappa shape index (κ3) is 4.43. The van der Waals surface area contributed by atoms with Crippen LogP contribution in [0.2, 0.25) is 0 Å². The molecular weight excluding hydrogens is 312 g/mol. The van der Waals surface area contributed by atoms with Crippen LogP contribution in [0.1, 0.15) is 30.2 Å². The van der Waals surface area contributed by atoms with Crippen LogP contribution in [0.3, 0.4) is 0 Å². The third-order valence-electron chi connectivity index (χ3n) is 4.15. The molecule has 0 saturated carbocycles. The number of rotatable bonds is 7. The predicted molar refractivity (Wildman–Crippen MR) is 89.3 cm³/mol. The summed E-state index contributed by atoms with van der Waals surface area (Å²) in [6.07, 6.45) is 3.93. The molecule has 1 N–H and O–H groups in total. The summed E-state index contributed by atoms with van der Waals surface area (Å²) in [4.78, 5) is 2.28. The fourth-order valence-corrected chi connectivity index (χ4v) is 4.14. The fourth-order valence-electron chi connectivity index (χ4n) is 2.99. The average molecular weight is 334 g/mol. The van der Waals surface area contributed by atoms with Gasteiger partial charge < -0.3 is 4.42 Å². The van der Waals surface area contributed by atoms with Crippen LogP contribution < -0.4 is 4.72 Å². The highest BCUT2D eigenvalue weighted by molar-refractivity contribution is 7.88. The molecule has 2 heterocycles. The van der Waals surface area contributed by atoms with Gasteiger partial charge >= 0.3 is 0 Å². The molecule has 1 aliphatic heterocycles. The minimum absolute atomic E-state index is 0.00128. The van der Waals surface area contributed by atoms with Gasteiger partial charge in [0.2, 0.25) is 10.0 Å². The van der Waals surface area contributed by atoms with E-state index in [0.717, 1.165) is 37.3 Å². The molecule has 0 radical (unpaired) electrons. The molecule has 1 atom stereocenters. The van der Waals surface area contributed by atoms with Gasteiger partial charge in [-0.15, -0.1) is 0 Å². The lowest BCUT2D eigenvalue weighted by molar-refractivity contribution is 0.216. The summed E-state index contributed by atoms with van der Waals surface area (Å²) < 4.78 is 32.9. The maximum atomic E-state index is 12.3. The van der Waals surface area contributed by atoms with E-state index in [4.69, 9.17) is 4.42 Å². The van der Waals surface area contributed by atoms with Gasteiger partial charge in [-0.05, 0) is 43.6 Å². The van der Waals surface area contributed by atoms with Crippen molar-refractivity contribution in [2.24, 2.45) is 0 Å². The van der Waals surface area contributed by atoms with Gasteiger partial charge in [-0.25, -0.2) is 13.1 Å². The molecule has 1 aromatic carbocycles. The van der Waals surface area contributed by atoms with Crippen LogP contribution in [0, 0.1) is 0 Å². The lowest BCUT2D eigenvalue weighted by atomic mass is 10.2. The summed E-state index contributed by atoms with van der Waals surface area (Å²) in [5, 5.41) is 0. The second kappa shape index (κ2) is 7.29. The topological polar surface area (TPSA) is 62.6 Å². The van der Waals surface area contributed by atoms with Crippen molar-refractivity contribution in [3.63, 3.8) is 0 Å². The molecule has 124 valence electrons. The SMILES string of the molecule is O=S(=O)(Cc1ccccc1)NC[C@H](c1ccco1)N1CCCC1. The zero-order valence-electron chi connectivity index (χ0n) is 13.0. The van der Waals surface area contributed by atoms with Crippen molar-refractivity contribution in [1.82, 2.24) is 9.62 Å². The molecule has 0 spiro atoms. The van der Waals surface area contributed by atoms with Gasteiger partial charge in [-0.2, -0.15) is 0 Å². The summed E-state index contributed by atoms with van der Waals surface area (Å²) in [6, 6.07) is 12.9. The zero-order valence-corrected chi connectivity index (χ0v) is 13.8. The molecule has 5 nitrogen and oxygen atoms in total. The van der Waals surface area contributed by atoms with Gasteiger partial charge in [0, 0.05) is 6.54 Å². The average Bonchev–Trinajstić information content (AvgIpc) is 3.21. The summed E-state index contributed by atoms with van der Waals surface area (Å²) in [5.74, 6) is 0.813. The van der Waals surface area contributed by atoms with Gasteiger partial charge in [0.05, 0.1) is 18.1 Å². The minimum atomic E-state index is -3.37. The Labute approximate surface area is 137 Å². The molecule has 3 rings (SSSR count). The Morgan fingerprint density at radius 1 is 1.09 bits per heavy atom. The highest BCUT2D eigenvalue weighted by atomic mass is 32.2. The fraction of sp³-hybridized carbons (Fsp3) is 0.412. The first kappa shape index (κ1) is 16.2. The largest absolute Gasteiger partial charge is 0.468 e. The first-order chi connectivity index (χ1) is 11.1. The molecule has 0 unspecified atom stereocenters. The van der Waals surface area contributed by atoms with Gasteiger partial charge in [-0.3, -0.25) is 4.90 Å². The number of hydrogen-bond acceptors (Lipinski definition) is 4. The van der Waals surface area contributed by atoms with E-state index >= 15 is 0 Å². The normalized spacial score (nSPS) is 17.4. The molecule has 6 heteroatoms. The van der Waals surface area contributed by atoms with E-state index in [9.17, 15) is 8.42 Å². The van der Waals surface area contributed by atoms with Crippen molar-refractivity contribution < 1.29 is 12.8 Å². The van der Waals surface area contributed by atoms with Crippen molar-refractivity contribution in [2.45, 2.75) is 24.6 Å². The number of nitrogens with zero attached hydrogens (tertiary/aromatic N) is 1. The van der Waals surface area contributed by atoms with E-state index < -0.39 is 10.0 Å². The van der Waals surface area contributed by atoms with Crippen molar-refractivity contribution in [1.29, 1.82) is 0 Å². The van der Waals surface area contributed by atoms with Crippen LogP contribution in [0.15, 0.2) is 53.1 Å². The summed E-state index contributed by atoms with van der Waals surface area (Å²) >= 11 is 0. The van der Waals surface area contributed by atoms with Gasteiger partial charge in [0.15, 0.2) is 0 Å². The van der Waals surface area contributed by atoms with Crippen molar-refractivity contribution in [2.75, 3.05) is 19.6 Å². The van der Waals surface area contributed by atoms with Gasteiger partial charge in [0.1, 0.15) is 5.76 Å². The molecule has 1 saturated heterocycles. The van der Waals surface area contributed by atoms with E-state index in [2.05, 4.69) is 9.62 Å². The van der Waals surface area contributed by atoms with Crippen LogP contribution in [0.5, 0.6) is 0 Å². The monoisotopic (exact) mass is 334 g/mol.